The van der Waals surface area contributed by atoms with E-state index < -0.39 is 0 Å². The second-order valence-corrected chi connectivity index (χ2v) is 5.67. The number of alkyl halides is 1. The summed E-state index contributed by atoms with van der Waals surface area (Å²) in [6, 6.07) is 5.08. The number of halogens is 3. The van der Waals surface area contributed by atoms with Crippen LogP contribution in [-0.4, -0.2) is 15.4 Å². The summed E-state index contributed by atoms with van der Waals surface area (Å²) in [5.41, 5.74) is 2.54. The van der Waals surface area contributed by atoms with Gasteiger partial charge in [-0.2, -0.15) is 0 Å². The number of fused-ring (bicyclic) bond motifs is 1. The van der Waals surface area contributed by atoms with Crippen molar-refractivity contribution in [2.24, 2.45) is 0 Å². The molecule has 0 saturated heterocycles. The van der Waals surface area contributed by atoms with Crippen molar-refractivity contribution in [3.05, 3.63) is 52.4 Å². The average Bonchev–Trinajstić information content (AvgIpc) is 3.02. The van der Waals surface area contributed by atoms with Gasteiger partial charge in [0.25, 0.3) is 0 Å². The Hall–Kier alpha value is -1.33. The summed E-state index contributed by atoms with van der Waals surface area (Å²) in [5, 5.41) is 0. The molecule has 104 valence electrons. The molecule has 0 aliphatic rings. The van der Waals surface area contributed by atoms with Gasteiger partial charge in [-0.1, -0.05) is 0 Å². The molecule has 3 aromatic rings. The zero-order chi connectivity index (χ0) is 14.1. The van der Waals surface area contributed by atoms with Crippen molar-refractivity contribution in [3.8, 4) is 0 Å². The van der Waals surface area contributed by atoms with E-state index in [1.807, 2.05) is 10.6 Å². The second kappa shape index (κ2) is 5.58. The zero-order valence-corrected chi connectivity index (χ0v) is 12.8. The lowest BCUT2D eigenvalue weighted by atomic mass is 10.3. The molecule has 6 heteroatoms. The number of furan rings is 1. The Morgan fingerprint density at radius 3 is 2.95 bits per heavy atom. The van der Waals surface area contributed by atoms with Crippen LogP contribution in [0.25, 0.3) is 11.0 Å². The van der Waals surface area contributed by atoms with E-state index in [-0.39, 0.29) is 5.82 Å². The molecule has 3 nitrogen and oxygen atoms in total. The second-order valence-electron chi connectivity index (χ2n) is 4.44. The lowest BCUT2D eigenvalue weighted by molar-refractivity contribution is 0.562. The predicted molar refractivity (Wildman–Crippen MR) is 79.6 cm³/mol. The molecular weight excluding hydrogens is 347 g/mol. The highest BCUT2D eigenvalue weighted by atomic mass is 79.9. The molecule has 0 amide bonds. The van der Waals surface area contributed by atoms with Crippen molar-refractivity contribution in [1.82, 2.24) is 9.55 Å². The van der Waals surface area contributed by atoms with Gasteiger partial charge in [-0.15, -0.1) is 11.6 Å². The first-order valence-corrected chi connectivity index (χ1v) is 7.43. The maximum Gasteiger partial charge on any atom is 0.139 e. The van der Waals surface area contributed by atoms with Crippen molar-refractivity contribution >= 4 is 38.6 Å². The SMILES string of the molecule is Fc1cc2nc(CCCl)n(Cc3ccoc3)c2cc1Br. The molecule has 0 spiro atoms. The van der Waals surface area contributed by atoms with Crippen molar-refractivity contribution in [3.63, 3.8) is 0 Å². The van der Waals surface area contributed by atoms with Crippen molar-refractivity contribution < 1.29 is 8.81 Å². The zero-order valence-electron chi connectivity index (χ0n) is 10.4. The number of imidazole rings is 1. The number of hydrogen-bond donors (Lipinski definition) is 0. The minimum Gasteiger partial charge on any atom is -0.472 e. The van der Waals surface area contributed by atoms with Crippen LogP contribution >= 0.6 is 27.5 Å². The van der Waals surface area contributed by atoms with E-state index in [9.17, 15) is 4.39 Å². The first kappa shape index (κ1) is 13.6. The van der Waals surface area contributed by atoms with Gasteiger partial charge >= 0.3 is 0 Å². The monoisotopic (exact) mass is 356 g/mol. The van der Waals surface area contributed by atoms with Crippen LogP contribution in [0.15, 0.2) is 39.6 Å². The molecule has 0 N–H and O–H groups in total. The standard InChI is InChI=1S/C14H11BrClFN2O/c15-10-5-13-12(6-11(10)17)18-14(1-3-16)19(13)7-9-2-4-20-8-9/h2,4-6,8H,1,3,7H2. The van der Waals surface area contributed by atoms with Crippen LogP contribution in [-0.2, 0) is 13.0 Å². The summed E-state index contributed by atoms with van der Waals surface area (Å²) in [5.74, 6) is 0.995. The normalized spacial score (nSPS) is 11.3. The van der Waals surface area contributed by atoms with E-state index in [0.717, 1.165) is 16.9 Å². The summed E-state index contributed by atoms with van der Waals surface area (Å²) in [6.07, 6.45) is 3.95. The maximum atomic E-state index is 13.6. The van der Waals surface area contributed by atoms with E-state index in [0.29, 0.717) is 28.8 Å². The van der Waals surface area contributed by atoms with E-state index in [2.05, 4.69) is 20.9 Å². The number of nitrogens with zero attached hydrogens (tertiary/aromatic N) is 2. The third kappa shape index (κ3) is 2.47. The Morgan fingerprint density at radius 1 is 1.40 bits per heavy atom. The minimum atomic E-state index is -0.317. The van der Waals surface area contributed by atoms with Gasteiger partial charge in [0.1, 0.15) is 11.6 Å². The van der Waals surface area contributed by atoms with Gasteiger partial charge in [0, 0.05) is 23.9 Å². The molecule has 0 unspecified atom stereocenters. The van der Waals surface area contributed by atoms with Crippen LogP contribution in [0, 0.1) is 5.82 Å². The Balaban J connectivity index is 2.15. The van der Waals surface area contributed by atoms with Crippen LogP contribution in [0.1, 0.15) is 11.4 Å². The highest BCUT2D eigenvalue weighted by Gasteiger charge is 2.14. The molecular formula is C14H11BrClFN2O. The van der Waals surface area contributed by atoms with Gasteiger partial charge in [0.05, 0.1) is 34.6 Å². The third-order valence-electron chi connectivity index (χ3n) is 3.11. The maximum absolute atomic E-state index is 13.6. The fraction of sp³-hybridized carbons (Fsp3) is 0.214. The van der Waals surface area contributed by atoms with E-state index in [4.69, 9.17) is 16.0 Å². The first-order valence-electron chi connectivity index (χ1n) is 6.10. The molecule has 0 fully saturated rings. The van der Waals surface area contributed by atoms with Gasteiger partial charge in [-0.05, 0) is 28.1 Å². The molecule has 0 atom stereocenters. The molecule has 0 saturated carbocycles. The average molecular weight is 358 g/mol. The van der Waals surface area contributed by atoms with E-state index in [1.165, 1.54) is 6.07 Å². The van der Waals surface area contributed by atoms with Gasteiger partial charge in [-0.3, -0.25) is 0 Å². The minimum absolute atomic E-state index is 0.317. The van der Waals surface area contributed by atoms with Crippen molar-refractivity contribution in [1.29, 1.82) is 0 Å². The van der Waals surface area contributed by atoms with E-state index in [1.54, 1.807) is 18.6 Å². The highest BCUT2D eigenvalue weighted by Crippen LogP contribution is 2.25. The van der Waals surface area contributed by atoms with Crippen LogP contribution < -0.4 is 0 Å². The van der Waals surface area contributed by atoms with Gasteiger partial charge in [-0.25, -0.2) is 9.37 Å². The summed E-state index contributed by atoms with van der Waals surface area (Å²) in [6.45, 7) is 0.622. The lowest BCUT2D eigenvalue weighted by Crippen LogP contribution is -2.05. The predicted octanol–water partition coefficient (Wildman–Crippen LogP) is 4.36. The van der Waals surface area contributed by atoms with Crippen molar-refractivity contribution in [2.45, 2.75) is 13.0 Å². The number of rotatable bonds is 4. The Morgan fingerprint density at radius 2 is 2.25 bits per heavy atom. The summed E-state index contributed by atoms with van der Waals surface area (Å²) in [4.78, 5) is 4.47. The summed E-state index contributed by atoms with van der Waals surface area (Å²) in [7, 11) is 0. The molecule has 0 bridgehead atoms. The largest absolute Gasteiger partial charge is 0.472 e. The van der Waals surface area contributed by atoms with E-state index >= 15 is 0 Å². The summed E-state index contributed by atoms with van der Waals surface area (Å²) < 4.78 is 21.2. The number of aromatic nitrogens is 2. The molecule has 2 heterocycles. The third-order valence-corrected chi connectivity index (χ3v) is 3.90. The molecule has 2 aromatic heterocycles. The lowest BCUT2D eigenvalue weighted by Gasteiger charge is -2.07. The molecule has 1 aromatic carbocycles. The molecule has 0 radical (unpaired) electrons. The smallest absolute Gasteiger partial charge is 0.139 e. The molecule has 20 heavy (non-hydrogen) atoms. The molecule has 3 rings (SSSR count). The van der Waals surface area contributed by atoms with Crippen LogP contribution in [0.4, 0.5) is 4.39 Å². The quantitative estimate of drug-likeness (QED) is 0.650. The van der Waals surface area contributed by atoms with Crippen LogP contribution in [0.3, 0.4) is 0 Å². The number of aryl methyl sites for hydroxylation is 1. The Bertz CT molecular complexity index is 739. The van der Waals surface area contributed by atoms with Gasteiger partial charge in [0.15, 0.2) is 0 Å². The Kier molecular flexibility index (Phi) is 3.81. The van der Waals surface area contributed by atoms with Crippen LogP contribution in [0.5, 0.6) is 0 Å². The first-order chi connectivity index (χ1) is 9.69. The van der Waals surface area contributed by atoms with Crippen molar-refractivity contribution in [2.75, 3.05) is 5.88 Å². The topological polar surface area (TPSA) is 31.0 Å². The fourth-order valence-electron chi connectivity index (χ4n) is 2.19. The number of benzene rings is 1. The fourth-order valence-corrected chi connectivity index (χ4v) is 2.69. The molecule has 0 aliphatic heterocycles. The summed E-state index contributed by atoms with van der Waals surface area (Å²) >= 11 is 9.04. The number of hydrogen-bond acceptors (Lipinski definition) is 2. The highest BCUT2D eigenvalue weighted by molar-refractivity contribution is 9.10. The van der Waals surface area contributed by atoms with Gasteiger partial charge < -0.3 is 8.98 Å². The van der Waals surface area contributed by atoms with Gasteiger partial charge in [0.2, 0.25) is 0 Å². The van der Waals surface area contributed by atoms with Crippen LogP contribution in [0.2, 0.25) is 0 Å². The molecule has 0 aliphatic carbocycles. The Labute approximate surface area is 128 Å².